The van der Waals surface area contributed by atoms with Crippen LogP contribution in [-0.2, 0) is 0 Å². The van der Waals surface area contributed by atoms with Crippen LogP contribution in [0.3, 0.4) is 0 Å². The molecule has 2 aliphatic rings. The number of hydrogen-bond donors (Lipinski definition) is 1. The van der Waals surface area contributed by atoms with Gasteiger partial charge in [0.15, 0.2) is 0 Å². The second-order valence-corrected chi connectivity index (χ2v) is 7.28. The second-order valence-electron chi connectivity index (χ2n) is 6.02. The molecule has 0 unspecified atom stereocenters. The highest BCUT2D eigenvalue weighted by Gasteiger charge is 2.36. The van der Waals surface area contributed by atoms with Crippen molar-refractivity contribution >= 4 is 17.2 Å². The summed E-state index contributed by atoms with van der Waals surface area (Å²) in [4.78, 5) is 14.3. The Morgan fingerprint density at radius 3 is 2.55 bits per heavy atom. The van der Waals surface area contributed by atoms with Gasteiger partial charge in [0.2, 0.25) is 5.92 Å². The summed E-state index contributed by atoms with van der Waals surface area (Å²) < 4.78 is 26.2. The molecule has 0 radical (unpaired) electrons. The van der Waals surface area contributed by atoms with Gasteiger partial charge in [-0.05, 0) is 50.2 Å². The third-order valence-corrected chi connectivity index (χ3v) is 5.22. The molecule has 0 aliphatic heterocycles. The summed E-state index contributed by atoms with van der Waals surface area (Å²) >= 11 is 1.52. The predicted octanol–water partition coefficient (Wildman–Crippen LogP) is 4.24. The lowest BCUT2D eigenvalue weighted by atomic mass is 9.92. The molecular weight excluding hydrogens is 280 g/mol. The van der Waals surface area contributed by atoms with E-state index in [1.165, 1.54) is 11.3 Å². The first-order valence-corrected chi connectivity index (χ1v) is 8.05. The standard InChI is InChI=1S/C15H19F2NOS/c1-9-8-12(10-2-3-10)13(20-9)14(19)18-11-4-6-15(16,17)7-5-11/h8,10-11H,2-7H2,1H3,(H,18,19). The second kappa shape index (κ2) is 5.10. The molecule has 2 saturated carbocycles. The van der Waals surface area contributed by atoms with Crippen molar-refractivity contribution in [1.29, 1.82) is 0 Å². The maximum absolute atomic E-state index is 13.1. The van der Waals surface area contributed by atoms with Crippen molar-refractivity contribution in [3.8, 4) is 0 Å². The molecule has 1 aromatic rings. The number of hydrogen-bond acceptors (Lipinski definition) is 2. The molecule has 110 valence electrons. The van der Waals surface area contributed by atoms with E-state index in [-0.39, 0.29) is 24.8 Å². The third kappa shape index (κ3) is 3.03. The van der Waals surface area contributed by atoms with Gasteiger partial charge in [-0.15, -0.1) is 11.3 Å². The van der Waals surface area contributed by atoms with Crippen molar-refractivity contribution in [3.63, 3.8) is 0 Å². The number of halogens is 2. The fourth-order valence-corrected chi connectivity index (χ4v) is 3.85. The number of amides is 1. The highest BCUT2D eigenvalue weighted by Crippen LogP contribution is 2.44. The molecule has 0 aromatic carbocycles. The van der Waals surface area contributed by atoms with Crippen LogP contribution in [0.1, 0.15) is 64.6 Å². The number of thiophene rings is 1. The minimum atomic E-state index is -2.54. The van der Waals surface area contributed by atoms with E-state index in [2.05, 4.69) is 11.4 Å². The summed E-state index contributed by atoms with van der Waals surface area (Å²) in [5.41, 5.74) is 1.16. The molecule has 2 aliphatic carbocycles. The molecule has 0 bridgehead atoms. The Morgan fingerprint density at radius 2 is 1.95 bits per heavy atom. The first-order valence-electron chi connectivity index (χ1n) is 7.24. The van der Waals surface area contributed by atoms with Gasteiger partial charge in [0.1, 0.15) is 0 Å². The highest BCUT2D eigenvalue weighted by atomic mass is 32.1. The van der Waals surface area contributed by atoms with Crippen molar-refractivity contribution in [2.75, 3.05) is 0 Å². The van der Waals surface area contributed by atoms with E-state index in [0.717, 1.165) is 28.2 Å². The van der Waals surface area contributed by atoms with Crippen LogP contribution in [0.4, 0.5) is 8.78 Å². The van der Waals surface area contributed by atoms with Crippen molar-refractivity contribution < 1.29 is 13.6 Å². The summed E-state index contributed by atoms with van der Waals surface area (Å²) in [5.74, 6) is -2.07. The molecular formula is C15H19F2NOS. The molecule has 1 aromatic heterocycles. The van der Waals surface area contributed by atoms with E-state index in [4.69, 9.17) is 0 Å². The zero-order valence-electron chi connectivity index (χ0n) is 11.5. The molecule has 1 heterocycles. The van der Waals surface area contributed by atoms with Crippen molar-refractivity contribution in [1.82, 2.24) is 5.32 Å². The van der Waals surface area contributed by atoms with Crippen LogP contribution < -0.4 is 5.32 Å². The van der Waals surface area contributed by atoms with E-state index >= 15 is 0 Å². The van der Waals surface area contributed by atoms with E-state index in [9.17, 15) is 13.6 Å². The van der Waals surface area contributed by atoms with Gasteiger partial charge in [0.05, 0.1) is 4.88 Å². The Bertz CT molecular complexity index is 512. The Hall–Kier alpha value is -0.970. The molecule has 0 saturated heterocycles. The molecule has 1 N–H and O–H groups in total. The molecule has 0 atom stereocenters. The van der Waals surface area contributed by atoms with Gasteiger partial charge in [0.25, 0.3) is 5.91 Å². The summed E-state index contributed by atoms with van der Waals surface area (Å²) in [5, 5.41) is 2.95. The minimum absolute atomic E-state index is 0.0692. The molecule has 20 heavy (non-hydrogen) atoms. The smallest absolute Gasteiger partial charge is 0.261 e. The van der Waals surface area contributed by atoms with E-state index in [0.29, 0.717) is 18.8 Å². The maximum Gasteiger partial charge on any atom is 0.261 e. The number of carbonyl (C=O) groups excluding carboxylic acids is 1. The summed E-state index contributed by atoms with van der Waals surface area (Å²) in [6, 6.07) is 2.00. The lowest BCUT2D eigenvalue weighted by molar-refractivity contribution is -0.0399. The third-order valence-electron chi connectivity index (χ3n) is 4.16. The first-order chi connectivity index (χ1) is 9.44. The van der Waals surface area contributed by atoms with E-state index in [1.54, 1.807) is 0 Å². The number of carbonyl (C=O) groups is 1. The average Bonchev–Trinajstić information content (AvgIpc) is 3.15. The lowest BCUT2D eigenvalue weighted by Crippen LogP contribution is -2.40. The van der Waals surface area contributed by atoms with Crippen LogP contribution in [-0.4, -0.2) is 17.9 Å². The fraction of sp³-hybridized carbons (Fsp3) is 0.667. The minimum Gasteiger partial charge on any atom is -0.349 e. The number of alkyl halides is 2. The van der Waals surface area contributed by atoms with Crippen LogP contribution in [0.15, 0.2) is 6.07 Å². The van der Waals surface area contributed by atoms with E-state index in [1.807, 2.05) is 6.92 Å². The summed E-state index contributed by atoms with van der Waals surface area (Å²) in [7, 11) is 0. The molecule has 3 rings (SSSR count). The van der Waals surface area contributed by atoms with Crippen LogP contribution in [0.25, 0.3) is 0 Å². The Balaban J connectivity index is 1.65. The number of nitrogens with one attached hydrogen (secondary N) is 1. The highest BCUT2D eigenvalue weighted by molar-refractivity contribution is 7.14. The molecule has 2 nitrogen and oxygen atoms in total. The molecule has 5 heteroatoms. The number of aryl methyl sites for hydroxylation is 1. The maximum atomic E-state index is 13.1. The van der Waals surface area contributed by atoms with Gasteiger partial charge in [-0.1, -0.05) is 0 Å². The molecule has 2 fully saturated rings. The van der Waals surface area contributed by atoms with Gasteiger partial charge in [-0.3, -0.25) is 4.79 Å². The van der Waals surface area contributed by atoms with Crippen molar-refractivity contribution in [2.45, 2.75) is 63.3 Å². The van der Waals surface area contributed by atoms with Crippen LogP contribution in [0.2, 0.25) is 0 Å². The SMILES string of the molecule is Cc1cc(C2CC2)c(C(=O)NC2CCC(F)(F)CC2)s1. The monoisotopic (exact) mass is 299 g/mol. The molecule has 1 amide bonds. The quantitative estimate of drug-likeness (QED) is 0.888. The lowest BCUT2D eigenvalue weighted by Gasteiger charge is -2.28. The van der Waals surface area contributed by atoms with Gasteiger partial charge in [0, 0.05) is 23.8 Å². The van der Waals surface area contributed by atoms with Crippen LogP contribution >= 0.6 is 11.3 Å². The van der Waals surface area contributed by atoms with Gasteiger partial charge in [-0.25, -0.2) is 8.78 Å². The van der Waals surface area contributed by atoms with E-state index < -0.39 is 5.92 Å². The van der Waals surface area contributed by atoms with Gasteiger partial charge >= 0.3 is 0 Å². The Morgan fingerprint density at radius 1 is 1.30 bits per heavy atom. The van der Waals surface area contributed by atoms with Crippen molar-refractivity contribution in [3.05, 3.63) is 21.4 Å². The Kier molecular flexibility index (Phi) is 3.56. The van der Waals surface area contributed by atoms with Gasteiger partial charge in [-0.2, -0.15) is 0 Å². The predicted molar refractivity (Wildman–Crippen MR) is 75.7 cm³/mol. The zero-order chi connectivity index (χ0) is 14.3. The number of rotatable bonds is 3. The molecule has 0 spiro atoms. The topological polar surface area (TPSA) is 29.1 Å². The van der Waals surface area contributed by atoms with Crippen LogP contribution in [0, 0.1) is 6.92 Å². The largest absolute Gasteiger partial charge is 0.349 e. The average molecular weight is 299 g/mol. The Labute approximate surface area is 121 Å². The van der Waals surface area contributed by atoms with Gasteiger partial charge < -0.3 is 5.32 Å². The summed E-state index contributed by atoms with van der Waals surface area (Å²) in [6.07, 6.45) is 2.84. The zero-order valence-corrected chi connectivity index (χ0v) is 12.4. The van der Waals surface area contributed by atoms with Crippen molar-refractivity contribution in [2.24, 2.45) is 0 Å². The van der Waals surface area contributed by atoms with Crippen LogP contribution in [0.5, 0.6) is 0 Å². The first kappa shape index (κ1) is 14.0. The summed E-state index contributed by atoms with van der Waals surface area (Å²) in [6.45, 7) is 2.01. The fourth-order valence-electron chi connectivity index (χ4n) is 2.84. The normalized spacial score (nSPS) is 22.8.